The van der Waals surface area contributed by atoms with Gasteiger partial charge in [-0.05, 0) is 31.7 Å². The zero-order chi connectivity index (χ0) is 18.3. The van der Waals surface area contributed by atoms with Crippen LogP contribution in [0.1, 0.15) is 40.5 Å². The lowest BCUT2D eigenvalue weighted by atomic mass is 10.0. The molecule has 1 aliphatic rings. The van der Waals surface area contributed by atoms with E-state index in [1.165, 1.54) is 0 Å². The predicted octanol–water partition coefficient (Wildman–Crippen LogP) is 1.07. The maximum Gasteiger partial charge on any atom is 0.290 e. The van der Waals surface area contributed by atoms with Gasteiger partial charge in [0, 0.05) is 6.54 Å². The molecule has 7 heteroatoms. The quantitative estimate of drug-likeness (QED) is 0.453. The van der Waals surface area contributed by atoms with E-state index in [1.54, 1.807) is 0 Å². The van der Waals surface area contributed by atoms with E-state index >= 15 is 0 Å². The minimum absolute atomic E-state index is 0.0443. The van der Waals surface area contributed by atoms with Crippen LogP contribution in [-0.4, -0.2) is 56.1 Å². The van der Waals surface area contributed by atoms with Crippen LogP contribution in [0.5, 0.6) is 0 Å². The van der Waals surface area contributed by atoms with Gasteiger partial charge >= 0.3 is 0 Å². The number of likely N-dealkylation sites (N-methyl/N-ethyl adjacent to an activating group) is 1. The van der Waals surface area contributed by atoms with E-state index in [-0.39, 0.29) is 24.5 Å². The number of rotatable bonds is 8. The molecule has 0 bridgehead atoms. The Kier molecular flexibility index (Phi) is 16.0. The summed E-state index contributed by atoms with van der Waals surface area (Å²) in [6.07, 6.45) is 2.70. The van der Waals surface area contributed by atoms with Gasteiger partial charge in [0.2, 0.25) is 5.91 Å². The van der Waals surface area contributed by atoms with Crippen LogP contribution in [0.4, 0.5) is 0 Å². The Morgan fingerprint density at radius 2 is 1.78 bits per heavy atom. The molecule has 1 aliphatic heterocycles. The smallest absolute Gasteiger partial charge is 0.290 e. The lowest BCUT2D eigenvalue weighted by Gasteiger charge is -2.18. The fourth-order valence-corrected chi connectivity index (χ4v) is 1.57. The molecule has 0 radical (unpaired) electrons. The van der Waals surface area contributed by atoms with Crippen LogP contribution in [0.25, 0.3) is 0 Å². The molecule has 0 spiro atoms. The summed E-state index contributed by atoms with van der Waals surface area (Å²) < 4.78 is 4.49. The molecular formula is C16H32N2O5. The molecule has 0 aromatic heterocycles. The molecule has 3 N–H and O–H groups in total. The number of aldehydes is 1. The highest BCUT2D eigenvalue weighted by Gasteiger charge is 2.20. The van der Waals surface area contributed by atoms with E-state index < -0.39 is 0 Å². The van der Waals surface area contributed by atoms with Crippen molar-refractivity contribution in [1.29, 1.82) is 0 Å². The van der Waals surface area contributed by atoms with Crippen LogP contribution in [0.3, 0.4) is 0 Å². The predicted molar refractivity (Wildman–Crippen MR) is 89.3 cm³/mol. The van der Waals surface area contributed by atoms with E-state index in [1.807, 2.05) is 7.05 Å². The number of carbonyl (C=O) groups is 3. The largest absolute Gasteiger partial charge is 0.483 e. The third kappa shape index (κ3) is 18.5. The number of epoxide rings is 1. The molecule has 136 valence electrons. The zero-order valence-electron chi connectivity index (χ0n) is 14.9. The number of hydrogen-bond acceptors (Lipinski definition) is 5. The molecule has 1 heterocycles. The van der Waals surface area contributed by atoms with Crippen molar-refractivity contribution >= 4 is 18.7 Å². The lowest BCUT2D eigenvalue weighted by Crippen LogP contribution is -2.43. The Balaban J connectivity index is 0. The van der Waals surface area contributed by atoms with Gasteiger partial charge in [0.05, 0.1) is 12.6 Å². The zero-order valence-corrected chi connectivity index (χ0v) is 14.9. The first-order valence-electron chi connectivity index (χ1n) is 7.91. The van der Waals surface area contributed by atoms with Crippen LogP contribution in [0.2, 0.25) is 0 Å². The summed E-state index contributed by atoms with van der Waals surface area (Å²) >= 11 is 0. The van der Waals surface area contributed by atoms with Crippen molar-refractivity contribution in [2.24, 2.45) is 11.8 Å². The maximum atomic E-state index is 11.7. The maximum absolute atomic E-state index is 11.7. The van der Waals surface area contributed by atoms with Gasteiger partial charge in [-0.3, -0.25) is 9.59 Å². The van der Waals surface area contributed by atoms with Crippen LogP contribution in [-0.2, 0) is 19.1 Å². The van der Waals surface area contributed by atoms with Gasteiger partial charge in [-0.25, -0.2) is 0 Å². The Morgan fingerprint density at radius 1 is 1.26 bits per heavy atom. The van der Waals surface area contributed by atoms with Gasteiger partial charge in [-0.1, -0.05) is 27.7 Å². The molecule has 0 aromatic rings. The summed E-state index contributed by atoms with van der Waals surface area (Å²) in [6, 6.07) is -0.0443. The number of carboxylic acid groups (broad SMARTS) is 1. The third-order valence-corrected chi connectivity index (χ3v) is 2.90. The van der Waals surface area contributed by atoms with Crippen LogP contribution < -0.4 is 10.6 Å². The molecule has 1 fully saturated rings. The van der Waals surface area contributed by atoms with E-state index in [0.717, 1.165) is 25.7 Å². The molecule has 0 aromatic carbocycles. The van der Waals surface area contributed by atoms with E-state index in [9.17, 15) is 9.59 Å². The van der Waals surface area contributed by atoms with Crippen molar-refractivity contribution in [3.63, 3.8) is 0 Å². The van der Waals surface area contributed by atoms with Crippen molar-refractivity contribution in [3.05, 3.63) is 0 Å². The second-order valence-corrected chi connectivity index (χ2v) is 6.06. The van der Waals surface area contributed by atoms with Gasteiger partial charge in [0.1, 0.15) is 6.10 Å². The first kappa shape index (κ1) is 23.8. The molecular weight excluding hydrogens is 300 g/mol. The first-order chi connectivity index (χ1) is 10.8. The third-order valence-electron chi connectivity index (χ3n) is 2.90. The van der Waals surface area contributed by atoms with Crippen molar-refractivity contribution in [2.45, 2.75) is 52.7 Å². The summed E-state index contributed by atoms with van der Waals surface area (Å²) in [5, 5.41) is 12.9. The van der Waals surface area contributed by atoms with Crippen LogP contribution in [0.15, 0.2) is 0 Å². The van der Waals surface area contributed by atoms with Gasteiger partial charge in [0.25, 0.3) is 6.47 Å². The Bertz CT molecular complexity index is 318. The molecule has 2 unspecified atom stereocenters. The SMILES string of the molecule is CNC(CC(C)C)C(=O)NCCC(C)C.O=CC1CO1.O=CO. The lowest BCUT2D eigenvalue weighted by molar-refractivity contribution is -0.124. The molecule has 1 amide bonds. The average molecular weight is 332 g/mol. The molecule has 2 atom stereocenters. The van der Waals surface area contributed by atoms with Crippen molar-refractivity contribution in [1.82, 2.24) is 10.6 Å². The summed E-state index contributed by atoms with van der Waals surface area (Å²) in [7, 11) is 1.84. The van der Waals surface area contributed by atoms with Crippen LogP contribution in [0, 0.1) is 11.8 Å². The average Bonchev–Trinajstić information content (AvgIpc) is 3.29. The molecule has 0 aliphatic carbocycles. The summed E-state index contributed by atoms with van der Waals surface area (Å²) in [5.74, 6) is 1.31. The summed E-state index contributed by atoms with van der Waals surface area (Å²) in [4.78, 5) is 29.5. The van der Waals surface area contributed by atoms with Gasteiger partial charge in [-0.15, -0.1) is 0 Å². The summed E-state index contributed by atoms with van der Waals surface area (Å²) in [6.45, 7) is 9.76. The highest BCUT2D eigenvalue weighted by molar-refractivity contribution is 5.81. The number of nitrogens with one attached hydrogen (secondary N) is 2. The highest BCUT2D eigenvalue weighted by atomic mass is 16.6. The minimum atomic E-state index is -0.250. The molecule has 1 rings (SSSR count). The second-order valence-electron chi connectivity index (χ2n) is 6.06. The van der Waals surface area contributed by atoms with Gasteiger partial charge in [0.15, 0.2) is 6.29 Å². The Morgan fingerprint density at radius 3 is 2.04 bits per heavy atom. The monoisotopic (exact) mass is 332 g/mol. The fourth-order valence-electron chi connectivity index (χ4n) is 1.57. The summed E-state index contributed by atoms with van der Waals surface area (Å²) in [5.41, 5.74) is 0. The second kappa shape index (κ2) is 15.4. The standard InChI is InChI=1S/C12H26N2O.C3H4O2.CH2O2/c1-9(2)6-7-14-12(15)11(13-5)8-10(3)4;4-1-3-2-5-3;2-1-3/h9-11,13H,6-8H2,1-5H3,(H,14,15);1,3H,2H2;1H,(H,2,3). The number of hydrogen-bond donors (Lipinski definition) is 3. The van der Waals surface area contributed by atoms with E-state index in [0.29, 0.717) is 18.4 Å². The highest BCUT2D eigenvalue weighted by Crippen LogP contribution is 2.04. The molecule has 0 saturated carbocycles. The van der Waals surface area contributed by atoms with E-state index in [4.69, 9.17) is 9.90 Å². The Hall–Kier alpha value is -1.47. The van der Waals surface area contributed by atoms with Crippen molar-refractivity contribution < 1.29 is 24.2 Å². The molecule has 1 saturated heterocycles. The van der Waals surface area contributed by atoms with Crippen molar-refractivity contribution in [3.8, 4) is 0 Å². The topological polar surface area (TPSA) is 108 Å². The molecule has 7 nitrogen and oxygen atoms in total. The van der Waals surface area contributed by atoms with Crippen molar-refractivity contribution in [2.75, 3.05) is 20.2 Å². The molecule has 23 heavy (non-hydrogen) atoms. The van der Waals surface area contributed by atoms with Gasteiger partial charge < -0.3 is 25.3 Å². The number of carbonyl (C=O) groups excluding carboxylic acids is 2. The first-order valence-corrected chi connectivity index (χ1v) is 7.91. The number of amides is 1. The van der Waals surface area contributed by atoms with E-state index in [2.05, 4.69) is 43.1 Å². The van der Waals surface area contributed by atoms with Crippen LogP contribution >= 0.6 is 0 Å². The Labute approximate surface area is 139 Å². The fraction of sp³-hybridized carbons (Fsp3) is 0.812. The van der Waals surface area contributed by atoms with Gasteiger partial charge in [-0.2, -0.15) is 0 Å². The normalized spacial score (nSPS) is 16.4. The number of ether oxygens (including phenoxy) is 1. The minimum Gasteiger partial charge on any atom is -0.483 e.